The highest BCUT2D eigenvalue weighted by molar-refractivity contribution is 6.06. The quantitative estimate of drug-likeness (QED) is 0.681. The lowest BCUT2D eigenvalue weighted by atomic mass is 10.1. The summed E-state index contributed by atoms with van der Waals surface area (Å²) < 4.78 is 6.87. The van der Waals surface area contributed by atoms with Gasteiger partial charge in [0.15, 0.2) is 6.61 Å². The molecule has 7 nitrogen and oxygen atoms in total. The highest BCUT2D eigenvalue weighted by Gasteiger charge is 2.17. The number of nitrogens with zero attached hydrogens (tertiary/aromatic N) is 1. The van der Waals surface area contributed by atoms with Gasteiger partial charge in [-0.3, -0.25) is 10.1 Å². The number of hydrogen-bond acceptors (Lipinski definition) is 4. The summed E-state index contributed by atoms with van der Waals surface area (Å²) in [6.45, 7) is 3.25. The molecule has 144 valence electrons. The molecule has 2 aromatic carbocycles. The highest BCUT2D eigenvalue weighted by Crippen LogP contribution is 2.21. The third-order valence-corrected chi connectivity index (χ3v) is 4.56. The summed E-state index contributed by atoms with van der Waals surface area (Å²) in [7, 11) is 1.82. The van der Waals surface area contributed by atoms with Crippen molar-refractivity contribution in [3.8, 4) is 0 Å². The van der Waals surface area contributed by atoms with E-state index >= 15 is 0 Å². The molecule has 0 aliphatic rings. The molecule has 0 saturated heterocycles. The predicted molar refractivity (Wildman–Crippen MR) is 106 cm³/mol. The number of imide groups is 1. The van der Waals surface area contributed by atoms with Gasteiger partial charge < -0.3 is 14.6 Å². The predicted octanol–water partition coefficient (Wildman–Crippen LogP) is 3.30. The number of carbonyl (C=O) groups is 3. The number of fused-ring (bicyclic) bond motifs is 1. The Labute approximate surface area is 162 Å². The number of nitrogens with one attached hydrogen (secondary N) is 2. The van der Waals surface area contributed by atoms with E-state index in [0.29, 0.717) is 11.3 Å². The molecule has 0 fully saturated rings. The van der Waals surface area contributed by atoms with Crippen LogP contribution in [-0.4, -0.2) is 29.1 Å². The molecule has 1 heterocycles. The normalized spacial score (nSPS) is 10.5. The van der Waals surface area contributed by atoms with Crippen LogP contribution in [0.4, 0.5) is 10.5 Å². The Morgan fingerprint density at radius 2 is 1.79 bits per heavy atom. The van der Waals surface area contributed by atoms with Crippen molar-refractivity contribution in [3.63, 3.8) is 0 Å². The van der Waals surface area contributed by atoms with E-state index in [1.807, 2.05) is 61.9 Å². The average Bonchev–Trinajstić information content (AvgIpc) is 3.01. The van der Waals surface area contributed by atoms with Crippen LogP contribution in [-0.2, 0) is 16.6 Å². The van der Waals surface area contributed by atoms with Gasteiger partial charge >= 0.3 is 12.0 Å². The number of para-hydroxylation sites is 1. The van der Waals surface area contributed by atoms with Crippen LogP contribution in [0.2, 0.25) is 0 Å². The molecule has 0 aliphatic heterocycles. The second kappa shape index (κ2) is 7.96. The number of hydrogen-bond donors (Lipinski definition) is 2. The molecule has 0 bridgehead atoms. The van der Waals surface area contributed by atoms with Crippen molar-refractivity contribution in [3.05, 3.63) is 65.4 Å². The molecular formula is C21H21N3O4. The van der Waals surface area contributed by atoms with Crippen molar-refractivity contribution >= 4 is 34.5 Å². The first-order chi connectivity index (χ1) is 13.4. The summed E-state index contributed by atoms with van der Waals surface area (Å²) in [5, 5.41) is 5.51. The Balaban J connectivity index is 1.57. The van der Waals surface area contributed by atoms with Crippen molar-refractivity contribution in [2.45, 2.75) is 13.8 Å². The summed E-state index contributed by atoms with van der Waals surface area (Å²) in [5.41, 5.74) is 3.79. The summed E-state index contributed by atoms with van der Waals surface area (Å²) in [4.78, 5) is 36.3. The minimum atomic E-state index is -0.712. The fraction of sp³-hybridized carbons (Fsp3) is 0.190. The zero-order chi connectivity index (χ0) is 20.3. The van der Waals surface area contributed by atoms with Gasteiger partial charge in [-0.25, -0.2) is 9.59 Å². The van der Waals surface area contributed by atoms with Crippen LogP contribution in [0, 0.1) is 13.8 Å². The lowest BCUT2D eigenvalue weighted by Crippen LogP contribution is -2.37. The standard InChI is InChI=1S/C21H21N3O4/c1-13-7-6-9-17(14(13)2)22-21(27)23-19(25)12-28-20(26)16-11-24(3)18-10-5-4-8-15(16)18/h4-11H,12H2,1-3H3,(H2,22,23,25,27). The molecule has 3 amide bonds. The van der Waals surface area contributed by atoms with Crippen molar-refractivity contribution in [2.24, 2.45) is 7.05 Å². The average molecular weight is 379 g/mol. The molecule has 0 saturated carbocycles. The van der Waals surface area contributed by atoms with Gasteiger partial charge in [-0.05, 0) is 37.1 Å². The Morgan fingerprint density at radius 1 is 1.04 bits per heavy atom. The zero-order valence-electron chi connectivity index (χ0n) is 15.9. The van der Waals surface area contributed by atoms with Crippen LogP contribution in [0.5, 0.6) is 0 Å². The van der Waals surface area contributed by atoms with Gasteiger partial charge in [0.2, 0.25) is 0 Å². The van der Waals surface area contributed by atoms with E-state index in [-0.39, 0.29) is 0 Å². The van der Waals surface area contributed by atoms with E-state index in [1.54, 1.807) is 12.3 Å². The fourth-order valence-corrected chi connectivity index (χ4v) is 2.92. The van der Waals surface area contributed by atoms with Gasteiger partial charge in [0.25, 0.3) is 5.91 Å². The molecule has 1 aromatic heterocycles. The van der Waals surface area contributed by atoms with Gasteiger partial charge in [-0.15, -0.1) is 0 Å². The maximum atomic E-state index is 12.3. The first-order valence-electron chi connectivity index (χ1n) is 8.75. The van der Waals surface area contributed by atoms with Crippen molar-refractivity contribution in [2.75, 3.05) is 11.9 Å². The number of esters is 1. The van der Waals surface area contributed by atoms with Gasteiger partial charge in [-0.1, -0.05) is 30.3 Å². The third-order valence-electron chi connectivity index (χ3n) is 4.56. The van der Waals surface area contributed by atoms with E-state index < -0.39 is 24.5 Å². The number of benzene rings is 2. The summed E-state index contributed by atoms with van der Waals surface area (Å²) >= 11 is 0. The van der Waals surface area contributed by atoms with Gasteiger partial charge in [0.05, 0.1) is 5.56 Å². The van der Waals surface area contributed by atoms with Crippen molar-refractivity contribution in [1.29, 1.82) is 0 Å². The molecule has 0 aliphatic carbocycles. The number of aromatic nitrogens is 1. The Hall–Kier alpha value is -3.61. The second-order valence-electron chi connectivity index (χ2n) is 6.50. The minimum Gasteiger partial charge on any atom is -0.452 e. The Morgan fingerprint density at radius 3 is 2.57 bits per heavy atom. The molecule has 7 heteroatoms. The summed E-state index contributed by atoms with van der Waals surface area (Å²) in [6, 6.07) is 12.2. The van der Waals surface area contributed by atoms with E-state index in [1.165, 1.54) is 0 Å². The third kappa shape index (κ3) is 4.03. The van der Waals surface area contributed by atoms with Crippen LogP contribution < -0.4 is 10.6 Å². The van der Waals surface area contributed by atoms with Gasteiger partial charge in [0.1, 0.15) is 0 Å². The largest absolute Gasteiger partial charge is 0.452 e. The molecule has 2 N–H and O–H groups in total. The van der Waals surface area contributed by atoms with Crippen molar-refractivity contribution < 1.29 is 19.1 Å². The van der Waals surface area contributed by atoms with Crippen LogP contribution in [0.3, 0.4) is 0 Å². The number of rotatable bonds is 4. The molecule has 0 spiro atoms. The van der Waals surface area contributed by atoms with Gasteiger partial charge in [0, 0.05) is 29.8 Å². The maximum absolute atomic E-state index is 12.3. The molecule has 3 rings (SSSR count). The number of aryl methyl sites for hydroxylation is 2. The number of anilines is 1. The SMILES string of the molecule is Cc1cccc(NC(=O)NC(=O)COC(=O)c2cn(C)c3ccccc23)c1C. The number of carbonyl (C=O) groups excluding carboxylic acids is 3. The van der Waals surface area contributed by atoms with Gasteiger partial charge in [-0.2, -0.15) is 0 Å². The summed E-state index contributed by atoms with van der Waals surface area (Å²) in [6.07, 6.45) is 1.65. The fourth-order valence-electron chi connectivity index (χ4n) is 2.92. The van der Waals surface area contributed by atoms with Crippen LogP contribution >= 0.6 is 0 Å². The van der Waals surface area contributed by atoms with Crippen molar-refractivity contribution in [1.82, 2.24) is 9.88 Å². The number of amides is 3. The van der Waals surface area contributed by atoms with Crippen LogP contribution in [0.25, 0.3) is 10.9 Å². The first-order valence-corrected chi connectivity index (χ1v) is 8.75. The Bertz CT molecular complexity index is 1070. The lowest BCUT2D eigenvalue weighted by molar-refractivity contribution is -0.123. The topological polar surface area (TPSA) is 89.4 Å². The highest BCUT2D eigenvalue weighted by atomic mass is 16.5. The molecule has 0 unspecified atom stereocenters. The maximum Gasteiger partial charge on any atom is 0.340 e. The Kier molecular flexibility index (Phi) is 5.44. The van der Waals surface area contributed by atoms with E-state index in [4.69, 9.17) is 4.74 Å². The van der Waals surface area contributed by atoms with Crippen LogP contribution in [0.1, 0.15) is 21.5 Å². The lowest BCUT2D eigenvalue weighted by Gasteiger charge is -2.11. The smallest absolute Gasteiger partial charge is 0.340 e. The monoisotopic (exact) mass is 379 g/mol. The van der Waals surface area contributed by atoms with E-state index in [0.717, 1.165) is 22.0 Å². The number of urea groups is 1. The molecule has 0 atom stereocenters. The van der Waals surface area contributed by atoms with Crippen LogP contribution in [0.15, 0.2) is 48.7 Å². The number of ether oxygens (including phenoxy) is 1. The second-order valence-corrected chi connectivity index (χ2v) is 6.50. The summed E-state index contributed by atoms with van der Waals surface area (Å²) in [5.74, 6) is -1.33. The molecule has 0 radical (unpaired) electrons. The van der Waals surface area contributed by atoms with E-state index in [2.05, 4.69) is 10.6 Å². The first kappa shape index (κ1) is 19.2. The molecular weight excluding hydrogens is 358 g/mol. The van der Waals surface area contributed by atoms with E-state index in [9.17, 15) is 14.4 Å². The minimum absolute atomic E-state index is 0.366. The molecule has 28 heavy (non-hydrogen) atoms. The molecule has 3 aromatic rings. The zero-order valence-corrected chi connectivity index (χ0v) is 15.9.